The van der Waals surface area contributed by atoms with Gasteiger partial charge in [-0.05, 0) is 58.2 Å². The Morgan fingerprint density at radius 3 is 2.51 bits per heavy atom. The maximum Gasteiger partial charge on any atom is 0.246 e. The van der Waals surface area contributed by atoms with Crippen molar-refractivity contribution in [1.82, 2.24) is 10.2 Å². The zero-order chi connectivity index (χ0) is 25.1. The number of halogens is 1. The second-order valence-corrected chi connectivity index (χ2v) is 11.8. The summed E-state index contributed by atoms with van der Waals surface area (Å²) in [6.45, 7) is 7.65. The maximum absolute atomic E-state index is 13.9. The Balaban J connectivity index is 1.46. The van der Waals surface area contributed by atoms with Crippen molar-refractivity contribution >= 4 is 35.0 Å². The van der Waals surface area contributed by atoms with E-state index in [9.17, 15) is 14.4 Å². The van der Waals surface area contributed by atoms with Gasteiger partial charge in [-0.3, -0.25) is 14.4 Å². The monoisotopic (exact) mass is 499 g/mol. The zero-order valence-corrected chi connectivity index (χ0v) is 21.5. The number of amides is 3. The minimum atomic E-state index is -1.15. The summed E-state index contributed by atoms with van der Waals surface area (Å²) in [5, 5.41) is 6.68. The van der Waals surface area contributed by atoms with Crippen LogP contribution in [0.15, 0.2) is 30.4 Å². The molecule has 5 atom stereocenters. The van der Waals surface area contributed by atoms with Gasteiger partial charge < -0.3 is 20.3 Å². The number of likely N-dealkylation sites (tertiary alicyclic amines) is 1. The summed E-state index contributed by atoms with van der Waals surface area (Å²) < 4.78 is 6.40. The van der Waals surface area contributed by atoms with E-state index in [2.05, 4.69) is 10.6 Å². The molecule has 3 heterocycles. The predicted octanol–water partition coefficient (Wildman–Crippen LogP) is 3.98. The highest BCUT2D eigenvalue weighted by atomic mass is 35.5. The molecule has 35 heavy (non-hydrogen) atoms. The normalized spacial score (nSPS) is 32.1. The van der Waals surface area contributed by atoms with Crippen molar-refractivity contribution in [2.75, 3.05) is 5.32 Å². The number of rotatable bonds is 4. The number of nitrogens with zero attached hydrogens (tertiary/aromatic N) is 1. The number of hydrogen-bond acceptors (Lipinski definition) is 4. The van der Waals surface area contributed by atoms with Crippen LogP contribution in [-0.4, -0.2) is 51.9 Å². The fraction of sp³-hybridized carbons (Fsp3) is 0.593. The van der Waals surface area contributed by atoms with E-state index in [1.54, 1.807) is 17.0 Å². The van der Waals surface area contributed by atoms with Gasteiger partial charge >= 0.3 is 0 Å². The summed E-state index contributed by atoms with van der Waals surface area (Å²) in [7, 11) is 0. The molecular weight excluding hydrogens is 466 g/mol. The largest absolute Gasteiger partial charge is 0.359 e. The van der Waals surface area contributed by atoms with Crippen LogP contribution in [0.4, 0.5) is 5.69 Å². The molecule has 0 aromatic heterocycles. The predicted molar refractivity (Wildman–Crippen MR) is 134 cm³/mol. The Kier molecular flexibility index (Phi) is 5.99. The number of nitrogens with one attached hydrogen (secondary N) is 2. The van der Waals surface area contributed by atoms with Gasteiger partial charge in [0.2, 0.25) is 17.7 Å². The lowest BCUT2D eigenvalue weighted by molar-refractivity contribution is -0.146. The average Bonchev–Trinajstić information content (AvgIpc) is 3.44. The van der Waals surface area contributed by atoms with Crippen LogP contribution in [0.3, 0.4) is 0 Å². The molecule has 1 aromatic carbocycles. The van der Waals surface area contributed by atoms with Gasteiger partial charge in [0, 0.05) is 22.3 Å². The average molecular weight is 500 g/mol. The summed E-state index contributed by atoms with van der Waals surface area (Å²) in [5.41, 5.74) is -0.295. The van der Waals surface area contributed by atoms with Crippen molar-refractivity contribution in [3.8, 4) is 0 Å². The Morgan fingerprint density at radius 1 is 1.14 bits per heavy atom. The van der Waals surface area contributed by atoms with E-state index in [-0.39, 0.29) is 23.8 Å². The molecule has 4 aliphatic rings. The standard InChI is InChI=1S/C27H34ClN3O4/c1-15-10-11-17(14-18(15)28)30-23(32)20-19-12-13-27(35-19)21(20)25(34)31(26(2,3)4)22(27)24(33)29-16-8-6-5-7-9-16/h10-14,16,19-22H,5-9H2,1-4H3,(H,29,33)(H,30,32)/t19-,20-,21-,22-,27-/m1/s1. The number of aryl methyl sites for hydroxylation is 1. The molecule has 1 saturated carbocycles. The number of fused-ring (bicyclic) bond motifs is 1. The molecule has 8 heteroatoms. The number of anilines is 1. The zero-order valence-electron chi connectivity index (χ0n) is 20.8. The van der Waals surface area contributed by atoms with Crippen LogP contribution in [0.25, 0.3) is 0 Å². The van der Waals surface area contributed by atoms with E-state index in [0.29, 0.717) is 10.7 Å². The van der Waals surface area contributed by atoms with Crippen LogP contribution in [0, 0.1) is 18.8 Å². The first kappa shape index (κ1) is 24.3. The molecule has 1 spiro atoms. The van der Waals surface area contributed by atoms with Gasteiger partial charge in [-0.15, -0.1) is 0 Å². The topological polar surface area (TPSA) is 87.7 Å². The van der Waals surface area contributed by atoms with Gasteiger partial charge in [0.25, 0.3) is 0 Å². The van der Waals surface area contributed by atoms with Gasteiger partial charge in [-0.1, -0.05) is 49.1 Å². The van der Waals surface area contributed by atoms with Gasteiger partial charge in [0.05, 0.1) is 17.9 Å². The van der Waals surface area contributed by atoms with Gasteiger partial charge in [0.1, 0.15) is 11.6 Å². The molecule has 0 radical (unpaired) electrons. The third-order valence-electron chi connectivity index (χ3n) is 7.94. The van der Waals surface area contributed by atoms with Crippen molar-refractivity contribution < 1.29 is 19.1 Å². The SMILES string of the molecule is Cc1ccc(NC(=O)[C@@H]2[C@H]3C=C[C@@]4(O3)[C@H]2C(=O)N(C(C)(C)C)[C@@H]4C(=O)NC2CCCCC2)cc1Cl. The number of benzene rings is 1. The molecule has 3 aliphatic heterocycles. The highest BCUT2D eigenvalue weighted by Gasteiger charge is 2.73. The van der Waals surface area contributed by atoms with Crippen molar-refractivity contribution in [3.63, 3.8) is 0 Å². The molecule has 1 aromatic rings. The molecule has 2 bridgehead atoms. The molecule has 2 N–H and O–H groups in total. The Bertz CT molecular complexity index is 1090. The minimum Gasteiger partial charge on any atom is -0.359 e. The summed E-state index contributed by atoms with van der Waals surface area (Å²) in [6.07, 6.45) is 8.39. The third kappa shape index (κ3) is 3.97. The van der Waals surface area contributed by atoms with Crippen LogP contribution in [-0.2, 0) is 19.1 Å². The minimum absolute atomic E-state index is 0.108. The lowest BCUT2D eigenvalue weighted by Crippen LogP contribution is -2.60. The maximum atomic E-state index is 13.9. The van der Waals surface area contributed by atoms with Crippen LogP contribution in [0.5, 0.6) is 0 Å². The number of carbonyl (C=O) groups excluding carboxylic acids is 3. The van der Waals surface area contributed by atoms with E-state index in [4.69, 9.17) is 16.3 Å². The van der Waals surface area contributed by atoms with Crippen molar-refractivity contribution in [3.05, 3.63) is 40.9 Å². The molecule has 188 valence electrons. The second-order valence-electron chi connectivity index (χ2n) is 11.4. The first-order valence-electron chi connectivity index (χ1n) is 12.6. The lowest BCUT2D eigenvalue weighted by Gasteiger charge is -2.40. The summed E-state index contributed by atoms with van der Waals surface area (Å²) in [4.78, 5) is 42.8. The van der Waals surface area contributed by atoms with Crippen molar-refractivity contribution in [2.24, 2.45) is 11.8 Å². The molecule has 1 aliphatic carbocycles. The molecular formula is C27H34ClN3O4. The quantitative estimate of drug-likeness (QED) is 0.613. The van der Waals surface area contributed by atoms with E-state index >= 15 is 0 Å². The molecule has 5 rings (SSSR count). The highest BCUT2D eigenvalue weighted by Crippen LogP contribution is 2.56. The lowest BCUT2D eigenvalue weighted by atomic mass is 9.74. The Morgan fingerprint density at radius 2 is 1.86 bits per heavy atom. The van der Waals surface area contributed by atoms with Crippen LogP contribution in [0.1, 0.15) is 58.4 Å². The van der Waals surface area contributed by atoms with Gasteiger partial charge in [0.15, 0.2) is 0 Å². The van der Waals surface area contributed by atoms with Crippen LogP contribution >= 0.6 is 11.6 Å². The Hall–Kier alpha value is -2.38. The summed E-state index contributed by atoms with van der Waals surface area (Å²) in [6, 6.07) is 4.61. The molecule has 2 saturated heterocycles. The second kappa shape index (κ2) is 8.63. The number of carbonyl (C=O) groups is 3. The summed E-state index contributed by atoms with van der Waals surface area (Å²) in [5.74, 6) is -2.21. The highest BCUT2D eigenvalue weighted by molar-refractivity contribution is 6.31. The molecule has 3 fully saturated rings. The van der Waals surface area contributed by atoms with Crippen LogP contribution < -0.4 is 10.6 Å². The van der Waals surface area contributed by atoms with Crippen molar-refractivity contribution in [2.45, 2.75) is 89.1 Å². The fourth-order valence-electron chi connectivity index (χ4n) is 6.31. The number of ether oxygens (including phenoxy) is 1. The van der Waals surface area contributed by atoms with E-state index in [0.717, 1.165) is 31.2 Å². The van der Waals surface area contributed by atoms with E-state index in [1.807, 2.05) is 45.9 Å². The Labute approximate surface area is 211 Å². The number of hydrogen-bond donors (Lipinski definition) is 2. The summed E-state index contributed by atoms with van der Waals surface area (Å²) >= 11 is 6.24. The van der Waals surface area contributed by atoms with Gasteiger partial charge in [-0.2, -0.15) is 0 Å². The fourth-order valence-corrected chi connectivity index (χ4v) is 6.50. The smallest absolute Gasteiger partial charge is 0.246 e. The van der Waals surface area contributed by atoms with E-state index < -0.39 is 35.1 Å². The molecule has 7 nitrogen and oxygen atoms in total. The first-order chi connectivity index (χ1) is 16.5. The third-order valence-corrected chi connectivity index (χ3v) is 8.35. The van der Waals surface area contributed by atoms with E-state index in [1.165, 1.54) is 6.42 Å². The first-order valence-corrected chi connectivity index (χ1v) is 13.0. The molecule has 0 unspecified atom stereocenters. The van der Waals surface area contributed by atoms with Crippen LogP contribution in [0.2, 0.25) is 5.02 Å². The molecule has 3 amide bonds. The van der Waals surface area contributed by atoms with Crippen molar-refractivity contribution in [1.29, 1.82) is 0 Å². The van der Waals surface area contributed by atoms with Gasteiger partial charge in [-0.25, -0.2) is 0 Å².